The Labute approximate surface area is 245 Å². The van der Waals surface area contributed by atoms with Gasteiger partial charge in [-0.2, -0.15) is 9.78 Å². The zero-order chi connectivity index (χ0) is 29.5. The lowest BCUT2D eigenvalue weighted by atomic mass is 9.96. The van der Waals surface area contributed by atoms with Gasteiger partial charge in [0.1, 0.15) is 5.75 Å². The van der Waals surface area contributed by atoms with Crippen molar-refractivity contribution in [3.05, 3.63) is 123 Å². The van der Waals surface area contributed by atoms with E-state index in [0.717, 1.165) is 45.1 Å². The molecule has 6 aromatic rings. The minimum Gasteiger partial charge on any atom is -0.496 e. The predicted molar refractivity (Wildman–Crippen MR) is 173 cm³/mol. The Balaban J connectivity index is 1.54. The number of hydrogen-bond acceptors (Lipinski definition) is 4. The summed E-state index contributed by atoms with van der Waals surface area (Å²) in [6.07, 6.45) is 1.77. The second-order valence-electron chi connectivity index (χ2n) is 11.0. The maximum absolute atomic E-state index is 13.9. The van der Waals surface area contributed by atoms with Crippen molar-refractivity contribution in [1.82, 2.24) is 14.2 Å². The molecule has 0 radical (unpaired) electrons. The monoisotopic (exact) mass is 554 g/mol. The second kappa shape index (κ2) is 10.8. The van der Waals surface area contributed by atoms with Crippen molar-refractivity contribution in [3.8, 4) is 22.8 Å². The molecule has 6 rings (SSSR count). The van der Waals surface area contributed by atoms with E-state index in [9.17, 15) is 4.79 Å². The second-order valence-corrected chi connectivity index (χ2v) is 11.0. The molecule has 0 saturated carbocycles. The van der Waals surface area contributed by atoms with E-state index < -0.39 is 0 Å². The number of aryl methyl sites for hydroxylation is 2. The quantitative estimate of drug-likeness (QED) is 0.196. The van der Waals surface area contributed by atoms with Crippen LogP contribution in [-0.4, -0.2) is 27.6 Å². The number of hydrogen-bond donors (Lipinski definition) is 0. The van der Waals surface area contributed by atoms with Gasteiger partial charge in [-0.25, -0.2) is 4.98 Å². The van der Waals surface area contributed by atoms with Crippen molar-refractivity contribution in [2.45, 2.75) is 40.5 Å². The lowest BCUT2D eigenvalue weighted by Gasteiger charge is -2.17. The highest BCUT2D eigenvalue weighted by Crippen LogP contribution is 2.34. The third-order valence-corrected chi connectivity index (χ3v) is 7.98. The van der Waals surface area contributed by atoms with Gasteiger partial charge in [0.05, 0.1) is 29.9 Å². The number of para-hydroxylation sites is 1. The van der Waals surface area contributed by atoms with Gasteiger partial charge in [0, 0.05) is 27.9 Å². The van der Waals surface area contributed by atoms with Crippen molar-refractivity contribution in [3.63, 3.8) is 0 Å². The number of nitrogens with zero attached hydrogens (tertiary/aromatic N) is 4. The topological polar surface area (TPSA) is 61.4 Å². The molecule has 2 heterocycles. The summed E-state index contributed by atoms with van der Waals surface area (Å²) in [7, 11) is 1.68. The van der Waals surface area contributed by atoms with Gasteiger partial charge in [-0.15, -0.1) is 0 Å². The molecule has 0 aliphatic heterocycles. The van der Waals surface area contributed by atoms with Gasteiger partial charge in [-0.05, 0) is 79.6 Å². The van der Waals surface area contributed by atoms with E-state index in [4.69, 9.17) is 14.8 Å². The summed E-state index contributed by atoms with van der Waals surface area (Å²) >= 11 is 0. The first kappa shape index (κ1) is 27.2. The highest BCUT2D eigenvalue weighted by Gasteiger charge is 2.19. The first-order valence-corrected chi connectivity index (χ1v) is 14.2. The predicted octanol–water partition coefficient (Wildman–Crippen LogP) is 7.95. The number of methoxy groups -OCH3 is 1. The molecule has 2 aromatic heterocycles. The van der Waals surface area contributed by atoms with E-state index in [2.05, 4.69) is 86.9 Å². The fourth-order valence-electron chi connectivity index (χ4n) is 5.78. The smallest absolute Gasteiger partial charge is 0.282 e. The first-order chi connectivity index (χ1) is 20.3. The van der Waals surface area contributed by atoms with E-state index >= 15 is 0 Å². The van der Waals surface area contributed by atoms with E-state index in [1.807, 2.05) is 31.2 Å². The molecule has 0 bridgehead atoms. The Morgan fingerprint density at radius 3 is 2.36 bits per heavy atom. The fourth-order valence-corrected chi connectivity index (χ4v) is 5.78. The van der Waals surface area contributed by atoms with Crippen molar-refractivity contribution in [2.75, 3.05) is 7.11 Å². The zero-order valence-electron chi connectivity index (χ0n) is 24.8. The van der Waals surface area contributed by atoms with E-state index in [-0.39, 0.29) is 11.5 Å². The summed E-state index contributed by atoms with van der Waals surface area (Å²) in [6, 6.07) is 28.4. The van der Waals surface area contributed by atoms with Crippen molar-refractivity contribution in [2.24, 2.45) is 5.10 Å². The van der Waals surface area contributed by atoms with E-state index in [0.29, 0.717) is 16.7 Å². The molecule has 0 amide bonds. The molecule has 0 aliphatic rings. The molecule has 0 unspecified atom stereocenters. The Morgan fingerprint density at radius 1 is 0.881 bits per heavy atom. The number of ether oxygens (including phenoxy) is 1. The largest absolute Gasteiger partial charge is 0.496 e. The molecule has 42 heavy (non-hydrogen) atoms. The van der Waals surface area contributed by atoms with Gasteiger partial charge < -0.3 is 9.30 Å². The van der Waals surface area contributed by atoms with Crippen LogP contribution < -0.4 is 10.3 Å². The minimum atomic E-state index is -0.212. The van der Waals surface area contributed by atoms with E-state index in [1.165, 1.54) is 15.4 Å². The fraction of sp³-hybridized carbons (Fsp3) is 0.194. The molecule has 0 aliphatic carbocycles. The molecule has 6 nitrogen and oxygen atoms in total. The number of rotatable bonds is 6. The Hall–Kier alpha value is -4.97. The van der Waals surface area contributed by atoms with Crippen LogP contribution in [0.15, 0.2) is 94.8 Å². The molecule has 210 valence electrons. The third kappa shape index (κ3) is 4.59. The van der Waals surface area contributed by atoms with Crippen LogP contribution in [0.4, 0.5) is 0 Å². The summed E-state index contributed by atoms with van der Waals surface area (Å²) in [5.41, 5.74) is 7.45. The van der Waals surface area contributed by atoms with Gasteiger partial charge in [0.15, 0.2) is 5.82 Å². The Bertz CT molecular complexity index is 2060. The standard InChI is InChI=1S/C36H34N4O2/c1-22(2)30-20-31(23(3)18-34(30)42-6)35-38-32-16-10-9-15-29(32)36(41)40(35)37-21-27-19-24(4)39(25(27)5)33-17-11-13-26-12-7-8-14-28(26)33/h7-22H,1-6H3. The zero-order valence-corrected chi connectivity index (χ0v) is 24.8. The van der Waals surface area contributed by atoms with Crippen molar-refractivity contribution >= 4 is 27.9 Å². The Morgan fingerprint density at radius 2 is 1.60 bits per heavy atom. The third-order valence-electron chi connectivity index (χ3n) is 7.98. The molecule has 0 saturated heterocycles. The van der Waals surface area contributed by atoms with Crippen LogP contribution in [0.1, 0.15) is 47.8 Å². The van der Waals surface area contributed by atoms with Crippen LogP contribution in [0.3, 0.4) is 0 Å². The lowest BCUT2D eigenvalue weighted by molar-refractivity contribution is 0.407. The number of aromatic nitrogens is 3. The highest BCUT2D eigenvalue weighted by molar-refractivity contribution is 5.91. The minimum absolute atomic E-state index is 0.212. The van der Waals surface area contributed by atoms with Crippen LogP contribution >= 0.6 is 0 Å². The molecular formula is C36H34N4O2. The molecule has 0 fully saturated rings. The maximum Gasteiger partial charge on any atom is 0.282 e. The average molecular weight is 555 g/mol. The number of benzene rings is 4. The van der Waals surface area contributed by atoms with Crippen molar-refractivity contribution < 1.29 is 4.74 Å². The summed E-state index contributed by atoms with van der Waals surface area (Å²) in [5, 5.41) is 7.69. The van der Waals surface area contributed by atoms with Gasteiger partial charge in [-0.3, -0.25) is 4.79 Å². The van der Waals surface area contributed by atoms with Gasteiger partial charge in [0.25, 0.3) is 5.56 Å². The summed E-state index contributed by atoms with van der Waals surface area (Å²) in [5.74, 6) is 1.55. The molecular weight excluding hydrogens is 520 g/mol. The van der Waals surface area contributed by atoms with Crippen LogP contribution in [0.2, 0.25) is 0 Å². The maximum atomic E-state index is 13.9. The molecule has 4 aromatic carbocycles. The molecule has 0 atom stereocenters. The van der Waals surface area contributed by atoms with Gasteiger partial charge in [-0.1, -0.05) is 62.4 Å². The van der Waals surface area contributed by atoms with Gasteiger partial charge >= 0.3 is 0 Å². The first-order valence-electron chi connectivity index (χ1n) is 14.2. The van der Waals surface area contributed by atoms with Crippen LogP contribution in [0, 0.1) is 20.8 Å². The van der Waals surface area contributed by atoms with Crippen LogP contribution in [0.25, 0.3) is 38.8 Å². The SMILES string of the molecule is COc1cc(C)c(-c2nc3ccccc3c(=O)n2N=Cc2cc(C)n(-c3cccc4ccccc34)c2C)cc1C(C)C. The average Bonchev–Trinajstić information content (AvgIpc) is 3.28. The Kier molecular flexibility index (Phi) is 6.99. The molecule has 6 heteroatoms. The van der Waals surface area contributed by atoms with Crippen LogP contribution in [-0.2, 0) is 0 Å². The number of fused-ring (bicyclic) bond motifs is 2. The normalized spacial score (nSPS) is 11.8. The van der Waals surface area contributed by atoms with Crippen molar-refractivity contribution in [1.29, 1.82) is 0 Å². The lowest BCUT2D eigenvalue weighted by Crippen LogP contribution is -2.21. The summed E-state index contributed by atoms with van der Waals surface area (Å²) < 4.78 is 9.36. The molecule has 0 spiro atoms. The van der Waals surface area contributed by atoms with Crippen LogP contribution in [0.5, 0.6) is 5.75 Å². The highest BCUT2D eigenvalue weighted by atomic mass is 16.5. The summed E-state index contributed by atoms with van der Waals surface area (Å²) in [4.78, 5) is 18.9. The summed E-state index contributed by atoms with van der Waals surface area (Å²) in [6.45, 7) is 10.4. The van der Waals surface area contributed by atoms with E-state index in [1.54, 1.807) is 19.4 Å². The van der Waals surface area contributed by atoms with Gasteiger partial charge in [0.2, 0.25) is 0 Å². The molecule has 0 N–H and O–H groups in total.